The minimum Gasteiger partial charge on any atom is -0.380 e. The average molecular weight is 352 g/mol. The van der Waals surface area contributed by atoms with Crippen LogP contribution in [0.2, 0.25) is 0 Å². The quantitative estimate of drug-likeness (QED) is 0.679. The number of benzene rings is 2. The maximum Gasteiger partial charge on any atom is 0.115 e. The van der Waals surface area contributed by atoms with Crippen LogP contribution in [0.15, 0.2) is 60.7 Å². The number of hydrogen-bond donors (Lipinski definition) is 1. The van der Waals surface area contributed by atoms with E-state index in [2.05, 4.69) is 18.7 Å². The van der Waals surface area contributed by atoms with Crippen LogP contribution in [0.1, 0.15) is 63.5 Å². The van der Waals surface area contributed by atoms with E-state index >= 15 is 0 Å². The molecule has 26 heavy (non-hydrogen) atoms. The fraction of sp³-hybridized carbons (Fsp3) is 0.500. The molecule has 0 aliphatic carbocycles. The van der Waals surface area contributed by atoms with Crippen LogP contribution in [-0.2, 0) is 5.60 Å². The van der Waals surface area contributed by atoms with Gasteiger partial charge in [-0.1, -0.05) is 67.1 Å². The minimum atomic E-state index is -0.901. The summed E-state index contributed by atoms with van der Waals surface area (Å²) in [5.74, 6) is 0. The zero-order valence-corrected chi connectivity index (χ0v) is 16.3. The third-order valence-electron chi connectivity index (χ3n) is 6.08. The molecule has 1 N–H and O–H groups in total. The standard InChI is InChI=1S/C24H33NO/c1-20-12-11-13-21(2)25(20)19-10-9-18-24(26,22-14-5-3-6-15-22)23-16-7-4-8-17-23/h3-8,14-17,20-21,26H,9-13,18-19H2,1-2H3. The molecule has 2 atom stereocenters. The van der Waals surface area contributed by atoms with E-state index < -0.39 is 5.60 Å². The first-order valence-corrected chi connectivity index (χ1v) is 10.2. The zero-order valence-electron chi connectivity index (χ0n) is 16.3. The smallest absolute Gasteiger partial charge is 0.115 e. The molecule has 2 heteroatoms. The lowest BCUT2D eigenvalue weighted by atomic mass is 9.82. The summed E-state index contributed by atoms with van der Waals surface area (Å²) in [7, 11) is 0. The van der Waals surface area contributed by atoms with E-state index in [0.29, 0.717) is 12.1 Å². The van der Waals surface area contributed by atoms with Gasteiger partial charge in [0.25, 0.3) is 0 Å². The third-order valence-corrected chi connectivity index (χ3v) is 6.08. The van der Waals surface area contributed by atoms with Crippen molar-refractivity contribution in [2.24, 2.45) is 0 Å². The molecule has 1 heterocycles. The molecule has 2 nitrogen and oxygen atoms in total. The first-order chi connectivity index (χ1) is 12.6. The van der Waals surface area contributed by atoms with Crippen molar-refractivity contribution in [2.45, 2.75) is 70.1 Å². The Hall–Kier alpha value is -1.64. The normalized spacial score (nSPS) is 21.7. The molecule has 0 bridgehead atoms. The number of nitrogens with zero attached hydrogens (tertiary/aromatic N) is 1. The molecule has 0 saturated carbocycles. The largest absolute Gasteiger partial charge is 0.380 e. The van der Waals surface area contributed by atoms with Gasteiger partial charge in [0.2, 0.25) is 0 Å². The monoisotopic (exact) mass is 351 g/mol. The third kappa shape index (κ3) is 4.36. The number of likely N-dealkylation sites (tertiary alicyclic amines) is 1. The molecule has 0 radical (unpaired) electrons. The van der Waals surface area contributed by atoms with E-state index in [9.17, 15) is 5.11 Å². The van der Waals surface area contributed by atoms with Crippen molar-refractivity contribution in [2.75, 3.05) is 6.54 Å². The molecule has 1 aliphatic rings. The van der Waals surface area contributed by atoms with Crippen molar-refractivity contribution >= 4 is 0 Å². The Morgan fingerprint density at radius 2 is 1.35 bits per heavy atom. The number of aliphatic hydroxyl groups is 1. The van der Waals surface area contributed by atoms with Gasteiger partial charge in [0.1, 0.15) is 5.60 Å². The van der Waals surface area contributed by atoms with E-state index in [-0.39, 0.29) is 0 Å². The van der Waals surface area contributed by atoms with Gasteiger partial charge in [-0.3, -0.25) is 4.90 Å². The van der Waals surface area contributed by atoms with Crippen molar-refractivity contribution in [1.82, 2.24) is 4.90 Å². The zero-order chi connectivity index (χ0) is 18.4. The van der Waals surface area contributed by atoms with Crippen LogP contribution in [0, 0.1) is 0 Å². The Labute approximate surface area is 158 Å². The van der Waals surface area contributed by atoms with Crippen LogP contribution in [0.3, 0.4) is 0 Å². The van der Waals surface area contributed by atoms with Crippen molar-refractivity contribution < 1.29 is 5.11 Å². The number of hydrogen-bond acceptors (Lipinski definition) is 2. The van der Waals surface area contributed by atoms with Gasteiger partial charge < -0.3 is 5.11 Å². The molecule has 0 aromatic heterocycles. The van der Waals surface area contributed by atoms with Gasteiger partial charge in [-0.2, -0.15) is 0 Å². The van der Waals surface area contributed by atoms with Gasteiger partial charge in [-0.05, 0) is 63.6 Å². The Morgan fingerprint density at radius 3 is 1.85 bits per heavy atom. The molecule has 2 unspecified atom stereocenters. The number of rotatable bonds is 7. The highest BCUT2D eigenvalue weighted by Gasteiger charge is 2.31. The highest BCUT2D eigenvalue weighted by molar-refractivity contribution is 5.35. The predicted octanol–water partition coefficient (Wildman–Crippen LogP) is 5.36. The highest BCUT2D eigenvalue weighted by atomic mass is 16.3. The van der Waals surface area contributed by atoms with Crippen LogP contribution in [-0.4, -0.2) is 28.6 Å². The molecular weight excluding hydrogens is 318 g/mol. The van der Waals surface area contributed by atoms with Crippen LogP contribution in [0.5, 0.6) is 0 Å². The van der Waals surface area contributed by atoms with Crippen molar-refractivity contribution in [3.05, 3.63) is 71.8 Å². The van der Waals surface area contributed by atoms with Gasteiger partial charge in [-0.15, -0.1) is 0 Å². The molecule has 0 spiro atoms. The van der Waals surface area contributed by atoms with E-state index in [4.69, 9.17) is 0 Å². The second-order valence-corrected chi connectivity index (χ2v) is 7.92. The predicted molar refractivity (Wildman–Crippen MR) is 109 cm³/mol. The Balaban J connectivity index is 1.66. The molecule has 3 rings (SSSR count). The van der Waals surface area contributed by atoms with Crippen molar-refractivity contribution in [3.63, 3.8) is 0 Å². The second-order valence-electron chi connectivity index (χ2n) is 7.92. The molecule has 1 aliphatic heterocycles. The second kappa shape index (κ2) is 8.83. The Kier molecular flexibility index (Phi) is 6.50. The first kappa shape index (κ1) is 19.1. The number of piperidine rings is 1. The van der Waals surface area contributed by atoms with E-state index in [0.717, 1.165) is 36.9 Å². The highest BCUT2D eigenvalue weighted by Crippen LogP contribution is 2.34. The maximum absolute atomic E-state index is 11.6. The van der Waals surface area contributed by atoms with Crippen molar-refractivity contribution in [1.29, 1.82) is 0 Å². The molecule has 2 aromatic carbocycles. The van der Waals surface area contributed by atoms with Gasteiger partial charge in [0, 0.05) is 12.1 Å². The van der Waals surface area contributed by atoms with E-state index in [1.165, 1.54) is 19.3 Å². The molecule has 1 saturated heterocycles. The fourth-order valence-corrected chi connectivity index (χ4v) is 4.47. The Morgan fingerprint density at radius 1 is 0.846 bits per heavy atom. The average Bonchev–Trinajstić information content (AvgIpc) is 2.68. The summed E-state index contributed by atoms with van der Waals surface area (Å²) in [6, 6.07) is 21.6. The Bertz CT molecular complexity index is 605. The van der Waals surface area contributed by atoms with Crippen LogP contribution >= 0.6 is 0 Å². The van der Waals surface area contributed by atoms with Crippen LogP contribution < -0.4 is 0 Å². The van der Waals surface area contributed by atoms with Gasteiger partial charge in [0.05, 0.1) is 0 Å². The molecule has 140 valence electrons. The fourth-order valence-electron chi connectivity index (χ4n) is 4.47. The summed E-state index contributed by atoms with van der Waals surface area (Å²) >= 11 is 0. The van der Waals surface area contributed by atoms with Crippen LogP contribution in [0.4, 0.5) is 0 Å². The maximum atomic E-state index is 11.6. The van der Waals surface area contributed by atoms with Crippen LogP contribution in [0.25, 0.3) is 0 Å². The topological polar surface area (TPSA) is 23.5 Å². The summed E-state index contributed by atoms with van der Waals surface area (Å²) in [4.78, 5) is 2.66. The molecule has 0 amide bonds. The lowest BCUT2D eigenvalue weighted by Gasteiger charge is -2.39. The van der Waals surface area contributed by atoms with E-state index in [1.807, 2.05) is 60.7 Å². The molecule has 2 aromatic rings. The molecular formula is C24H33NO. The van der Waals surface area contributed by atoms with E-state index in [1.54, 1.807) is 0 Å². The van der Waals surface area contributed by atoms with Crippen molar-refractivity contribution in [3.8, 4) is 0 Å². The summed E-state index contributed by atoms with van der Waals surface area (Å²) < 4.78 is 0. The minimum absolute atomic E-state index is 0.695. The molecule has 1 fully saturated rings. The summed E-state index contributed by atoms with van der Waals surface area (Å²) in [5.41, 5.74) is 1.08. The van der Waals surface area contributed by atoms with Gasteiger partial charge in [0.15, 0.2) is 0 Å². The van der Waals surface area contributed by atoms with Gasteiger partial charge in [-0.25, -0.2) is 0 Å². The lowest BCUT2D eigenvalue weighted by molar-refractivity contribution is 0.0623. The summed E-state index contributed by atoms with van der Waals surface area (Å²) in [5, 5.41) is 11.6. The number of unbranched alkanes of at least 4 members (excludes halogenated alkanes) is 1. The first-order valence-electron chi connectivity index (χ1n) is 10.2. The summed E-state index contributed by atoms with van der Waals surface area (Å²) in [6.45, 7) is 5.86. The van der Waals surface area contributed by atoms with Gasteiger partial charge >= 0.3 is 0 Å². The SMILES string of the molecule is CC1CCCC(C)N1CCCCC(O)(c1ccccc1)c1ccccc1. The summed E-state index contributed by atoms with van der Waals surface area (Å²) in [6.07, 6.45) is 6.93. The lowest BCUT2D eigenvalue weighted by Crippen LogP contribution is -2.44.